The van der Waals surface area contributed by atoms with Crippen LogP contribution in [-0.2, 0) is 0 Å². The number of hydrogen-bond acceptors (Lipinski definition) is 4. The molecule has 0 aliphatic heterocycles. The molecule has 0 bridgehead atoms. The lowest BCUT2D eigenvalue weighted by atomic mass is 10.1. The number of nitrogens with zero attached hydrogens (tertiary/aromatic N) is 3. The molecule has 2 heterocycles. The van der Waals surface area contributed by atoms with Crippen molar-refractivity contribution >= 4 is 17.7 Å². The van der Waals surface area contributed by atoms with Gasteiger partial charge in [-0.05, 0) is 19.9 Å². The summed E-state index contributed by atoms with van der Waals surface area (Å²) in [6.07, 6.45) is 0. The van der Waals surface area contributed by atoms with E-state index in [2.05, 4.69) is 22.2 Å². The van der Waals surface area contributed by atoms with E-state index in [9.17, 15) is 4.79 Å². The third kappa shape index (κ3) is 3.77. The fourth-order valence-corrected chi connectivity index (χ4v) is 3.82. The molecule has 0 fully saturated rings. The van der Waals surface area contributed by atoms with Gasteiger partial charge in [-0.2, -0.15) is 5.10 Å². The Bertz CT molecular complexity index is 1040. The summed E-state index contributed by atoms with van der Waals surface area (Å²) >= 11 is 1.39. The second-order valence-corrected chi connectivity index (χ2v) is 7.48. The van der Waals surface area contributed by atoms with Crippen molar-refractivity contribution in [2.75, 3.05) is 5.75 Å². The summed E-state index contributed by atoms with van der Waals surface area (Å²) in [4.78, 5) is 20.7. The molecule has 0 radical (unpaired) electrons. The van der Waals surface area contributed by atoms with Gasteiger partial charge in [0.2, 0.25) is 0 Å². The largest absolute Gasteiger partial charge is 0.332 e. The van der Waals surface area contributed by atoms with E-state index in [-0.39, 0.29) is 11.7 Å². The summed E-state index contributed by atoms with van der Waals surface area (Å²) in [5.41, 5.74) is 5.62. The highest BCUT2D eigenvalue weighted by Gasteiger charge is 2.16. The molecule has 28 heavy (non-hydrogen) atoms. The van der Waals surface area contributed by atoms with Crippen LogP contribution in [0.4, 0.5) is 0 Å². The molecule has 0 amide bonds. The number of rotatable bonds is 5. The molecular formula is C22H20N4OS. The molecule has 2 aromatic carbocycles. The SMILES string of the molecule is Cc1cc(C)n(C(=O)CSc2nc(-c3ccccc3)c(-c3ccccc3)[nH]2)n1. The van der Waals surface area contributed by atoms with Gasteiger partial charge in [0.1, 0.15) is 0 Å². The molecule has 6 heteroatoms. The number of hydrogen-bond donors (Lipinski definition) is 1. The fourth-order valence-electron chi connectivity index (χ4n) is 3.11. The summed E-state index contributed by atoms with van der Waals surface area (Å²) < 4.78 is 1.46. The Kier molecular flexibility index (Phi) is 5.12. The van der Waals surface area contributed by atoms with Gasteiger partial charge in [-0.3, -0.25) is 4.79 Å². The number of carbonyl (C=O) groups excluding carboxylic acids is 1. The van der Waals surface area contributed by atoms with Crippen LogP contribution in [0.15, 0.2) is 71.9 Å². The number of aromatic nitrogens is 4. The maximum Gasteiger partial charge on any atom is 0.257 e. The molecule has 0 aliphatic rings. The summed E-state index contributed by atoms with van der Waals surface area (Å²) in [7, 11) is 0. The first-order chi connectivity index (χ1) is 13.6. The number of nitrogens with one attached hydrogen (secondary N) is 1. The number of imidazole rings is 1. The van der Waals surface area contributed by atoms with Gasteiger partial charge in [-0.15, -0.1) is 0 Å². The molecule has 0 saturated carbocycles. The minimum absolute atomic E-state index is 0.0606. The quantitative estimate of drug-likeness (QED) is 0.489. The van der Waals surface area contributed by atoms with Crippen LogP contribution in [-0.4, -0.2) is 31.4 Å². The molecule has 0 atom stereocenters. The minimum Gasteiger partial charge on any atom is -0.332 e. The number of H-pyrrole nitrogens is 1. The van der Waals surface area contributed by atoms with Gasteiger partial charge in [0.05, 0.1) is 22.8 Å². The predicted octanol–water partition coefficient (Wildman–Crippen LogP) is 4.99. The monoisotopic (exact) mass is 388 g/mol. The molecule has 0 unspecified atom stereocenters. The first-order valence-corrected chi connectivity index (χ1v) is 10.0. The van der Waals surface area contributed by atoms with Crippen LogP contribution in [0.3, 0.4) is 0 Å². The summed E-state index contributed by atoms with van der Waals surface area (Å²) in [5.74, 6) is 0.201. The lowest BCUT2D eigenvalue weighted by molar-refractivity contribution is 0.0924. The third-order valence-corrected chi connectivity index (χ3v) is 5.23. The van der Waals surface area contributed by atoms with E-state index in [4.69, 9.17) is 4.98 Å². The van der Waals surface area contributed by atoms with Crippen molar-refractivity contribution in [1.82, 2.24) is 19.7 Å². The topological polar surface area (TPSA) is 63.6 Å². The molecule has 0 aliphatic carbocycles. The van der Waals surface area contributed by atoms with E-state index in [1.54, 1.807) is 0 Å². The van der Waals surface area contributed by atoms with Crippen molar-refractivity contribution in [2.45, 2.75) is 19.0 Å². The summed E-state index contributed by atoms with van der Waals surface area (Å²) in [6, 6.07) is 22.1. The molecule has 4 rings (SSSR count). The van der Waals surface area contributed by atoms with E-state index in [0.717, 1.165) is 33.9 Å². The van der Waals surface area contributed by atoms with Crippen molar-refractivity contribution in [2.24, 2.45) is 0 Å². The molecule has 0 saturated heterocycles. The van der Waals surface area contributed by atoms with Crippen molar-refractivity contribution in [1.29, 1.82) is 0 Å². The Balaban J connectivity index is 1.62. The maximum absolute atomic E-state index is 12.5. The van der Waals surface area contributed by atoms with Gasteiger partial charge < -0.3 is 4.98 Å². The highest BCUT2D eigenvalue weighted by Crippen LogP contribution is 2.32. The number of aryl methyl sites for hydroxylation is 2. The van der Waals surface area contributed by atoms with E-state index >= 15 is 0 Å². The average Bonchev–Trinajstić information content (AvgIpc) is 3.30. The average molecular weight is 388 g/mol. The number of thioether (sulfide) groups is 1. The Hall–Kier alpha value is -3.12. The second-order valence-electron chi connectivity index (χ2n) is 6.52. The van der Waals surface area contributed by atoms with Gasteiger partial charge in [0, 0.05) is 16.8 Å². The Morgan fingerprint density at radius 3 is 2.25 bits per heavy atom. The summed E-state index contributed by atoms with van der Waals surface area (Å²) in [6.45, 7) is 3.77. The number of benzene rings is 2. The third-order valence-electron chi connectivity index (χ3n) is 4.37. The molecule has 2 aromatic heterocycles. The molecule has 1 N–H and O–H groups in total. The highest BCUT2D eigenvalue weighted by atomic mass is 32.2. The van der Waals surface area contributed by atoms with E-state index in [1.807, 2.05) is 68.4 Å². The van der Waals surface area contributed by atoms with Crippen LogP contribution in [0.5, 0.6) is 0 Å². The van der Waals surface area contributed by atoms with Crippen LogP contribution in [0.25, 0.3) is 22.5 Å². The molecule has 5 nitrogen and oxygen atoms in total. The second kappa shape index (κ2) is 7.86. The van der Waals surface area contributed by atoms with Crippen molar-refractivity contribution in [3.05, 3.63) is 78.1 Å². The van der Waals surface area contributed by atoms with Crippen molar-refractivity contribution in [3.8, 4) is 22.5 Å². The van der Waals surface area contributed by atoms with Gasteiger partial charge in [-0.25, -0.2) is 9.67 Å². The summed E-state index contributed by atoms with van der Waals surface area (Å²) in [5, 5.41) is 4.98. The number of aromatic amines is 1. The highest BCUT2D eigenvalue weighted by molar-refractivity contribution is 7.99. The van der Waals surface area contributed by atoms with Crippen LogP contribution < -0.4 is 0 Å². The van der Waals surface area contributed by atoms with Crippen LogP contribution in [0, 0.1) is 13.8 Å². The Morgan fingerprint density at radius 1 is 1.00 bits per heavy atom. The van der Waals surface area contributed by atoms with Gasteiger partial charge >= 0.3 is 0 Å². The first kappa shape index (κ1) is 18.3. The number of carbonyl (C=O) groups is 1. The zero-order valence-corrected chi connectivity index (χ0v) is 16.5. The lowest BCUT2D eigenvalue weighted by Gasteiger charge is -2.02. The first-order valence-electron chi connectivity index (χ1n) is 9.02. The van der Waals surface area contributed by atoms with Gasteiger partial charge in [0.15, 0.2) is 5.16 Å². The zero-order valence-electron chi connectivity index (χ0n) is 15.7. The molecule has 4 aromatic rings. The minimum atomic E-state index is -0.0606. The van der Waals surface area contributed by atoms with Gasteiger partial charge in [0.25, 0.3) is 5.91 Å². The normalized spacial score (nSPS) is 10.9. The standard InChI is InChI=1S/C22H20N4OS/c1-15-13-16(2)26(25-15)19(27)14-28-22-23-20(17-9-5-3-6-10-17)21(24-22)18-11-7-4-8-12-18/h3-13H,14H2,1-2H3,(H,23,24). The van der Waals surface area contributed by atoms with E-state index < -0.39 is 0 Å². The zero-order chi connectivity index (χ0) is 19.5. The maximum atomic E-state index is 12.5. The molecule has 0 spiro atoms. The lowest BCUT2D eigenvalue weighted by Crippen LogP contribution is -2.16. The van der Waals surface area contributed by atoms with E-state index in [1.165, 1.54) is 16.4 Å². The van der Waals surface area contributed by atoms with Gasteiger partial charge in [-0.1, -0.05) is 72.4 Å². The van der Waals surface area contributed by atoms with E-state index in [0.29, 0.717) is 5.16 Å². The Labute approximate surface area is 167 Å². The smallest absolute Gasteiger partial charge is 0.257 e. The van der Waals surface area contributed by atoms with Crippen LogP contribution in [0.1, 0.15) is 16.2 Å². The molecular weight excluding hydrogens is 368 g/mol. The molecule has 140 valence electrons. The Morgan fingerprint density at radius 2 is 1.64 bits per heavy atom. The fraction of sp³-hybridized carbons (Fsp3) is 0.136. The van der Waals surface area contributed by atoms with Crippen molar-refractivity contribution < 1.29 is 4.79 Å². The van der Waals surface area contributed by atoms with Crippen LogP contribution >= 0.6 is 11.8 Å². The van der Waals surface area contributed by atoms with Crippen LogP contribution in [0.2, 0.25) is 0 Å². The predicted molar refractivity (Wildman–Crippen MR) is 113 cm³/mol. The van der Waals surface area contributed by atoms with Crippen molar-refractivity contribution in [3.63, 3.8) is 0 Å².